The number of hydrogen-bond donors (Lipinski definition) is 2. The average molecular weight is 365 g/mol. The fraction of sp³-hybridized carbons (Fsp3) is 0.350. The first-order valence-corrected chi connectivity index (χ1v) is 9.22. The van der Waals surface area contributed by atoms with Crippen LogP contribution in [0.1, 0.15) is 41.0 Å². The molecule has 1 aromatic carbocycles. The number of fused-ring (bicyclic) bond motifs is 1. The van der Waals surface area contributed by atoms with Crippen LogP contribution >= 0.6 is 0 Å². The molecule has 3 aromatic rings. The van der Waals surface area contributed by atoms with E-state index < -0.39 is 0 Å². The minimum absolute atomic E-state index is 0.147. The number of H-pyrrole nitrogens is 1. The number of aromatic amines is 1. The molecular weight excluding hydrogens is 342 g/mol. The highest BCUT2D eigenvalue weighted by atomic mass is 16.5. The Labute approximate surface area is 157 Å². The maximum Gasteiger partial charge on any atom is 0.271 e. The molecule has 0 aliphatic carbocycles. The van der Waals surface area contributed by atoms with E-state index in [4.69, 9.17) is 4.74 Å². The first kappa shape index (κ1) is 17.3. The fourth-order valence-electron chi connectivity index (χ4n) is 3.55. The topological polar surface area (TPSA) is 84.8 Å². The molecule has 0 saturated carbocycles. The molecule has 0 spiro atoms. The Morgan fingerprint density at radius 1 is 1.37 bits per heavy atom. The third kappa shape index (κ3) is 3.32. The first-order chi connectivity index (χ1) is 13.2. The monoisotopic (exact) mass is 365 g/mol. The van der Waals surface area contributed by atoms with Crippen molar-refractivity contribution in [1.29, 1.82) is 0 Å². The number of benzene rings is 1. The van der Waals surface area contributed by atoms with E-state index in [0.29, 0.717) is 24.5 Å². The predicted octanol–water partition coefficient (Wildman–Crippen LogP) is 2.76. The smallest absolute Gasteiger partial charge is 0.271 e. The summed E-state index contributed by atoms with van der Waals surface area (Å²) in [5, 5.41) is 3.00. The van der Waals surface area contributed by atoms with Crippen molar-refractivity contribution in [2.45, 2.75) is 32.2 Å². The standard InChI is InChI=1S/C20H23N5O2/c1-3-8-25-9-7-21-19(25)18-23-16-11-14(12-22-20(26)17(16)24-18)13-5-4-6-15(10-13)27-2/h4-7,9-10,14H,3,8,11-12H2,1-2H3,(H,22,26)(H,23,24)/t14-/m1/s1. The van der Waals surface area contributed by atoms with Crippen molar-refractivity contribution in [3.63, 3.8) is 0 Å². The zero-order chi connectivity index (χ0) is 18.8. The summed E-state index contributed by atoms with van der Waals surface area (Å²) in [6, 6.07) is 7.98. The molecule has 27 heavy (non-hydrogen) atoms. The number of rotatable bonds is 5. The number of carbonyl (C=O) groups excluding carboxylic acids is 1. The fourth-order valence-corrected chi connectivity index (χ4v) is 3.55. The number of nitrogens with one attached hydrogen (secondary N) is 2. The van der Waals surface area contributed by atoms with Gasteiger partial charge in [-0.1, -0.05) is 19.1 Å². The van der Waals surface area contributed by atoms with Crippen molar-refractivity contribution in [2.24, 2.45) is 0 Å². The number of imidazole rings is 2. The van der Waals surface area contributed by atoms with Gasteiger partial charge in [-0.25, -0.2) is 9.97 Å². The van der Waals surface area contributed by atoms with E-state index in [0.717, 1.165) is 35.8 Å². The molecule has 3 heterocycles. The second-order valence-corrected chi connectivity index (χ2v) is 6.74. The van der Waals surface area contributed by atoms with Crippen LogP contribution in [0.2, 0.25) is 0 Å². The molecule has 4 rings (SSSR count). The van der Waals surface area contributed by atoms with Crippen LogP contribution < -0.4 is 10.1 Å². The number of methoxy groups -OCH3 is 1. The van der Waals surface area contributed by atoms with Gasteiger partial charge in [0.05, 0.1) is 7.11 Å². The van der Waals surface area contributed by atoms with E-state index >= 15 is 0 Å². The zero-order valence-electron chi connectivity index (χ0n) is 15.5. The predicted molar refractivity (Wildman–Crippen MR) is 102 cm³/mol. The van der Waals surface area contributed by atoms with Gasteiger partial charge in [0.2, 0.25) is 0 Å². The van der Waals surface area contributed by atoms with E-state index in [-0.39, 0.29) is 11.8 Å². The second-order valence-electron chi connectivity index (χ2n) is 6.74. The highest BCUT2D eigenvalue weighted by Crippen LogP contribution is 2.28. The van der Waals surface area contributed by atoms with Gasteiger partial charge in [-0.15, -0.1) is 0 Å². The summed E-state index contributed by atoms with van der Waals surface area (Å²) in [5.41, 5.74) is 2.44. The normalized spacial score (nSPS) is 16.5. The summed E-state index contributed by atoms with van der Waals surface area (Å²) in [7, 11) is 1.66. The number of aryl methyl sites for hydroxylation is 1. The average Bonchev–Trinajstić information content (AvgIpc) is 3.28. The molecule has 1 atom stereocenters. The van der Waals surface area contributed by atoms with Crippen molar-refractivity contribution in [1.82, 2.24) is 24.8 Å². The molecule has 2 N–H and O–H groups in total. The third-order valence-corrected chi connectivity index (χ3v) is 4.91. The highest BCUT2D eigenvalue weighted by molar-refractivity contribution is 5.94. The highest BCUT2D eigenvalue weighted by Gasteiger charge is 2.27. The molecule has 0 fully saturated rings. The van der Waals surface area contributed by atoms with Crippen molar-refractivity contribution in [3.8, 4) is 17.4 Å². The SMILES string of the molecule is CCCn1ccnc1-c1nc2c([nH]1)C[C@@H](c1cccc(OC)c1)CNC2=O. The van der Waals surface area contributed by atoms with Gasteiger partial charge >= 0.3 is 0 Å². The van der Waals surface area contributed by atoms with E-state index in [9.17, 15) is 4.79 Å². The van der Waals surface area contributed by atoms with Crippen LogP contribution in [0.3, 0.4) is 0 Å². The van der Waals surface area contributed by atoms with Crippen molar-refractivity contribution >= 4 is 5.91 Å². The number of carbonyl (C=O) groups is 1. The lowest BCUT2D eigenvalue weighted by Gasteiger charge is -2.15. The maximum absolute atomic E-state index is 12.6. The van der Waals surface area contributed by atoms with Crippen LogP contribution in [0.4, 0.5) is 0 Å². The van der Waals surface area contributed by atoms with Gasteiger partial charge in [-0.3, -0.25) is 4.79 Å². The van der Waals surface area contributed by atoms with Gasteiger partial charge < -0.3 is 19.6 Å². The number of aromatic nitrogens is 4. The summed E-state index contributed by atoms with van der Waals surface area (Å²) in [6.07, 6.45) is 5.40. The Morgan fingerprint density at radius 3 is 3.07 bits per heavy atom. The molecule has 140 valence electrons. The molecule has 7 nitrogen and oxygen atoms in total. The lowest BCUT2D eigenvalue weighted by Crippen LogP contribution is -2.26. The first-order valence-electron chi connectivity index (χ1n) is 9.22. The molecule has 1 amide bonds. The number of amides is 1. The van der Waals surface area contributed by atoms with E-state index in [2.05, 4.69) is 37.8 Å². The molecule has 0 radical (unpaired) electrons. The second kappa shape index (κ2) is 7.26. The summed E-state index contributed by atoms with van der Waals surface area (Å²) < 4.78 is 7.39. The summed E-state index contributed by atoms with van der Waals surface area (Å²) in [5.74, 6) is 2.21. The van der Waals surface area contributed by atoms with Crippen LogP contribution in [-0.2, 0) is 13.0 Å². The Morgan fingerprint density at radius 2 is 2.26 bits per heavy atom. The number of ether oxygens (including phenoxy) is 1. The molecule has 1 aliphatic heterocycles. The van der Waals surface area contributed by atoms with E-state index in [1.807, 2.05) is 24.4 Å². The molecule has 7 heteroatoms. The maximum atomic E-state index is 12.6. The number of nitrogens with zero attached hydrogens (tertiary/aromatic N) is 3. The summed E-state index contributed by atoms with van der Waals surface area (Å²) in [4.78, 5) is 24.9. The Bertz CT molecular complexity index is 959. The summed E-state index contributed by atoms with van der Waals surface area (Å²) >= 11 is 0. The Balaban J connectivity index is 1.68. The molecular formula is C20H23N5O2. The molecule has 2 aromatic heterocycles. The van der Waals surface area contributed by atoms with Gasteiger partial charge in [-0.2, -0.15) is 0 Å². The van der Waals surface area contributed by atoms with Crippen molar-refractivity contribution in [2.75, 3.05) is 13.7 Å². The van der Waals surface area contributed by atoms with E-state index in [1.54, 1.807) is 13.3 Å². The largest absolute Gasteiger partial charge is 0.497 e. The third-order valence-electron chi connectivity index (χ3n) is 4.91. The van der Waals surface area contributed by atoms with E-state index in [1.165, 1.54) is 0 Å². The van der Waals surface area contributed by atoms with Crippen LogP contribution in [-0.4, -0.2) is 39.1 Å². The Hall–Kier alpha value is -3.09. The quantitative estimate of drug-likeness (QED) is 0.728. The van der Waals surface area contributed by atoms with Gasteiger partial charge in [0.1, 0.15) is 11.4 Å². The summed E-state index contributed by atoms with van der Waals surface area (Å²) in [6.45, 7) is 3.54. The lowest BCUT2D eigenvalue weighted by molar-refractivity contribution is 0.0950. The van der Waals surface area contributed by atoms with Crippen LogP contribution in [0, 0.1) is 0 Å². The molecule has 1 aliphatic rings. The van der Waals surface area contributed by atoms with Gasteiger partial charge in [-0.05, 0) is 30.5 Å². The molecule has 0 saturated heterocycles. The van der Waals surface area contributed by atoms with Crippen LogP contribution in [0.15, 0.2) is 36.7 Å². The zero-order valence-corrected chi connectivity index (χ0v) is 15.5. The van der Waals surface area contributed by atoms with Gasteiger partial charge in [0, 0.05) is 37.1 Å². The van der Waals surface area contributed by atoms with Crippen molar-refractivity contribution in [3.05, 3.63) is 53.6 Å². The van der Waals surface area contributed by atoms with Crippen molar-refractivity contribution < 1.29 is 9.53 Å². The Kier molecular flexibility index (Phi) is 4.66. The van der Waals surface area contributed by atoms with Gasteiger partial charge in [0.15, 0.2) is 11.6 Å². The minimum Gasteiger partial charge on any atom is -0.497 e. The molecule has 0 unspecified atom stereocenters. The number of hydrogen-bond acceptors (Lipinski definition) is 4. The van der Waals surface area contributed by atoms with Crippen LogP contribution in [0.5, 0.6) is 5.75 Å². The molecule has 0 bridgehead atoms. The minimum atomic E-state index is -0.147. The van der Waals surface area contributed by atoms with Crippen LogP contribution in [0.25, 0.3) is 11.6 Å². The van der Waals surface area contributed by atoms with Gasteiger partial charge in [0.25, 0.3) is 5.91 Å². The lowest BCUT2D eigenvalue weighted by atomic mass is 9.94.